The van der Waals surface area contributed by atoms with Gasteiger partial charge in [-0.1, -0.05) is 20.8 Å². The molecule has 0 aromatic carbocycles. The molecule has 0 saturated carbocycles. The van der Waals surface area contributed by atoms with Gasteiger partial charge in [0, 0.05) is 45.5 Å². The van der Waals surface area contributed by atoms with Crippen molar-refractivity contribution in [1.29, 1.82) is 0 Å². The number of hydrogen-bond donors (Lipinski definition) is 2. The van der Waals surface area contributed by atoms with Gasteiger partial charge in [0.1, 0.15) is 0 Å². The number of nitrogens with one attached hydrogen (secondary N) is 2. The van der Waals surface area contributed by atoms with Gasteiger partial charge in [-0.2, -0.15) is 0 Å². The molecule has 1 unspecified atom stereocenters. The lowest BCUT2D eigenvalue weighted by atomic mass is 10.2. The van der Waals surface area contributed by atoms with Crippen LogP contribution in [-0.4, -0.2) is 83.3 Å². The quantitative estimate of drug-likeness (QED) is 0.472. The van der Waals surface area contributed by atoms with E-state index in [0.717, 1.165) is 26.2 Å². The molecule has 1 aliphatic rings. The van der Waals surface area contributed by atoms with Gasteiger partial charge in [0.05, 0.1) is 18.5 Å². The van der Waals surface area contributed by atoms with Crippen LogP contribution in [0.25, 0.3) is 0 Å². The fraction of sp³-hybridized carbons (Fsp3) is 0.933. The molecule has 1 saturated heterocycles. The van der Waals surface area contributed by atoms with Crippen LogP contribution in [0.4, 0.5) is 0 Å². The van der Waals surface area contributed by atoms with Crippen LogP contribution in [0.3, 0.4) is 0 Å². The van der Waals surface area contributed by atoms with E-state index in [9.17, 15) is 8.42 Å². The zero-order chi connectivity index (χ0) is 17.3. The van der Waals surface area contributed by atoms with Gasteiger partial charge in [-0.25, -0.2) is 8.42 Å². The molecule has 0 aromatic rings. The first-order chi connectivity index (χ1) is 10.9. The van der Waals surface area contributed by atoms with Gasteiger partial charge in [0.2, 0.25) is 0 Å². The summed E-state index contributed by atoms with van der Waals surface area (Å²) in [5, 5.41) is 6.24. The average Bonchev–Trinajstić information content (AvgIpc) is 2.50. The van der Waals surface area contributed by atoms with E-state index in [-0.39, 0.29) is 17.6 Å². The molecule has 0 bridgehead atoms. The number of rotatable bonds is 8. The Morgan fingerprint density at radius 1 is 1.39 bits per heavy atom. The van der Waals surface area contributed by atoms with E-state index in [0.29, 0.717) is 25.0 Å². The fourth-order valence-electron chi connectivity index (χ4n) is 2.49. The van der Waals surface area contributed by atoms with Crippen molar-refractivity contribution in [2.45, 2.75) is 26.9 Å². The van der Waals surface area contributed by atoms with Crippen molar-refractivity contribution in [3.63, 3.8) is 0 Å². The minimum absolute atomic E-state index is 0.117. The van der Waals surface area contributed by atoms with Crippen LogP contribution in [0.15, 0.2) is 4.99 Å². The molecular weight excluding hydrogens is 316 g/mol. The van der Waals surface area contributed by atoms with E-state index in [1.807, 2.05) is 0 Å². The molecule has 1 aliphatic heterocycles. The van der Waals surface area contributed by atoms with E-state index in [2.05, 4.69) is 34.4 Å². The first-order valence-corrected chi connectivity index (χ1v) is 10.2. The monoisotopic (exact) mass is 348 g/mol. The lowest BCUT2D eigenvalue weighted by molar-refractivity contribution is -0.0284. The van der Waals surface area contributed by atoms with E-state index in [1.165, 1.54) is 0 Å². The van der Waals surface area contributed by atoms with Crippen LogP contribution in [0.1, 0.15) is 20.8 Å². The standard InChI is InChI=1S/C15H32N4O3S/c1-5-23(20,21)9-6-17-15(16-4)18-10-14-12-19(7-8-22-14)11-13(2)3/h13-14H,5-12H2,1-4H3,(H2,16,17,18). The van der Waals surface area contributed by atoms with Crippen LogP contribution < -0.4 is 10.6 Å². The second-order valence-electron chi connectivity index (χ2n) is 6.26. The Morgan fingerprint density at radius 3 is 2.74 bits per heavy atom. The van der Waals surface area contributed by atoms with Gasteiger partial charge in [-0.05, 0) is 5.92 Å². The molecule has 23 heavy (non-hydrogen) atoms. The van der Waals surface area contributed by atoms with Crippen molar-refractivity contribution in [3.8, 4) is 0 Å². The van der Waals surface area contributed by atoms with E-state index >= 15 is 0 Å². The zero-order valence-electron chi connectivity index (χ0n) is 14.8. The van der Waals surface area contributed by atoms with Gasteiger partial charge < -0.3 is 15.4 Å². The second kappa shape index (κ2) is 10.1. The summed E-state index contributed by atoms with van der Waals surface area (Å²) in [6, 6.07) is 0. The number of aliphatic imine (C=N–C) groups is 1. The highest BCUT2D eigenvalue weighted by atomic mass is 32.2. The highest BCUT2D eigenvalue weighted by molar-refractivity contribution is 7.91. The average molecular weight is 349 g/mol. The molecule has 1 fully saturated rings. The van der Waals surface area contributed by atoms with Crippen LogP contribution in [0.5, 0.6) is 0 Å². The predicted molar refractivity (Wildman–Crippen MR) is 94.7 cm³/mol. The van der Waals surface area contributed by atoms with Crippen LogP contribution in [-0.2, 0) is 14.6 Å². The SMILES string of the molecule is CCS(=O)(=O)CCNC(=NC)NCC1CN(CC(C)C)CCO1. The molecule has 1 heterocycles. The number of guanidine groups is 1. The third kappa shape index (κ3) is 8.53. The molecule has 1 rings (SSSR count). The summed E-state index contributed by atoms with van der Waals surface area (Å²) in [7, 11) is -1.28. The summed E-state index contributed by atoms with van der Waals surface area (Å²) >= 11 is 0. The third-order valence-electron chi connectivity index (χ3n) is 3.71. The molecule has 0 aromatic heterocycles. The highest BCUT2D eigenvalue weighted by Crippen LogP contribution is 2.07. The molecule has 0 amide bonds. The molecule has 7 nitrogen and oxygen atoms in total. The Kier molecular flexibility index (Phi) is 8.86. The molecule has 0 radical (unpaired) electrons. The van der Waals surface area contributed by atoms with Crippen LogP contribution >= 0.6 is 0 Å². The molecule has 0 spiro atoms. The van der Waals surface area contributed by atoms with Crippen molar-refractivity contribution in [2.75, 3.05) is 57.9 Å². The summed E-state index contributed by atoms with van der Waals surface area (Å²) in [4.78, 5) is 6.54. The normalized spacial score (nSPS) is 20.7. The molecule has 0 aliphatic carbocycles. The number of nitrogens with zero attached hydrogens (tertiary/aromatic N) is 2. The van der Waals surface area contributed by atoms with Gasteiger partial charge in [0.25, 0.3) is 0 Å². The van der Waals surface area contributed by atoms with Crippen molar-refractivity contribution in [3.05, 3.63) is 0 Å². The lowest BCUT2D eigenvalue weighted by Crippen LogP contribution is -2.50. The summed E-state index contributed by atoms with van der Waals surface area (Å²) in [5.74, 6) is 1.55. The Hall–Kier alpha value is -0.860. The molecule has 136 valence electrons. The van der Waals surface area contributed by atoms with Gasteiger partial charge in [0.15, 0.2) is 15.8 Å². The van der Waals surface area contributed by atoms with E-state index in [1.54, 1.807) is 14.0 Å². The van der Waals surface area contributed by atoms with Crippen molar-refractivity contribution in [1.82, 2.24) is 15.5 Å². The number of sulfone groups is 1. The van der Waals surface area contributed by atoms with Crippen molar-refractivity contribution in [2.24, 2.45) is 10.9 Å². The van der Waals surface area contributed by atoms with Crippen LogP contribution in [0.2, 0.25) is 0 Å². The van der Waals surface area contributed by atoms with Crippen molar-refractivity contribution < 1.29 is 13.2 Å². The zero-order valence-corrected chi connectivity index (χ0v) is 15.7. The summed E-state index contributed by atoms with van der Waals surface area (Å²) < 4.78 is 28.7. The summed E-state index contributed by atoms with van der Waals surface area (Å²) in [6.45, 7) is 10.9. The minimum Gasteiger partial charge on any atom is -0.374 e. The first kappa shape index (κ1) is 20.2. The van der Waals surface area contributed by atoms with Crippen molar-refractivity contribution >= 4 is 15.8 Å². The Balaban J connectivity index is 2.31. The highest BCUT2D eigenvalue weighted by Gasteiger charge is 2.21. The first-order valence-electron chi connectivity index (χ1n) is 8.35. The molecular formula is C15H32N4O3S. The minimum atomic E-state index is -2.95. The van der Waals surface area contributed by atoms with Gasteiger partial charge >= 0.3 is 0 Å². The second-order valence-corrected chi connectivity index (χ2v) is 8.74. The largest absolute Gasteiger partial charge is 0.374 e. The molecule has 8 heteroatoms. The lowest BCUT2D eigenvalue weighted by Gasteiger charge is -2.34. The molecule has 1 atom stereocenters. The maximum Gasteiger partial charge on any atom is 0.191 e. The predicted octanol–water partition coefficient (Wildman–Crippen LogP) is -0.0571. The van der Waals surface area contributed by atoms with E-state index in [4.69, 9.17) is 4.74 Å². The Morgan fingerprint density at radius 2 is 2.13 bits per heavy atom. The van der Waals surface area contributed by atoms with Gasteiger partial charge in [-0.3, -0.25) is 9.89 Å². The van der Waals surface area contributed by atoms with Crippen LogP contribution in [0, 0.1) is 5.92 Å². The maximum atomic E-state index is 11.5. The molecule has 2 N–H and O–H groups in total. The maximum absolute atomic E-state index is 11.5. The smallest absolute Gasteiger partial charge is 0.191 e. The number of morpholine rings is 1. The number of ether oxygens (including phenoxy) is 1. The topological polar surface area (TPSA) is 83.0 Å². The fourth-order valence-corrected chi connectivity index (χ4v) is 3.19. The van der Waals surface area contributed by atoms with Gasteiger partial charge in [-0.15, -0.1) is 0 Å². The third-order valence-corrected chi connectivity index (χ3v) is 5.42. The summed E-state index contributed by atoms with van der Waals surface area (Å²) in [6.07, 6.45) is 0.125. The Labute approximate surface area is 140 Å². The van der Waals surface area contributed by atoms with E-state index < -0.39 is 9.84 Å². The summed E-state index contributed by atoms with van der Waals surface area (Å²) in [5.41, 5.74) is 0. The Bertz CT molecular complexity index is 465. The number of hydrogen-bond acceptors (Lipinski definition) is 5.